The minimum atomic E-state index is -1.82. The first kappa shape index (κ1) is 70.6. The number of hydrogen-bond donors (Lipinski definition) is 6. The minimum absolute atomic E-state index is 0. The van der Waals surface area contributed by atoms with Gasteiger partial charge in [-0.25, -0.2) is 19.6 Å². The Labute approximate surface area is 486 Å². The van der Waals surface area contributed by atoms with E-state index in [-0.39, 0.29) is 66.4 Å². The fraction of sp³-hybridized carbons (Fsp3) is 0.519. The molecule has 6 bridgehead atoms. The van der Waals surface area contributed by atoms with Crippen molar-refractivity contribution in [2.45, 2.75) is 80.1 Å². The van der Waals surface area contributed by atoms with Gasteiger partial charge in [-0.2, -0.15) is 0 Å². The van der Waals surface area contributed by atoms with Gasteiger partial charge >= 0.3 is 11.9 Å². The van der Waals surface area contributed by atoms with Crippen LogP contribution in [0.15, 0.2) is 36.7 Å². The Bertz CT molecular complexity index is 2440. The SMILES string of the molecule is CC(=O)O.CC(=O)O.CCc1c(CC)c2cc3nc(cnc4cc(OCCOCCOCCOC)c(OCCOCCOCCOC)cc4ncc4nc(cc1[n-]2)C(CCCO)=C4C)C(C)=C3CCCO.O=C(O)C(=O)O.[Gd]. The molecule has 0 saturated heterocycles. The number of aryl methyl sites for hydroxylation is 2. The van der Waals surface area contributed by atoms with Crippen molar-refractivity contribution in [3.05, 3.63) is 70.6 Å². The van der Waals surface area contributed by atoms with Crippen molar-refractivity contribution in [1.29, 1.82) is 0 Å². The van der Waals surface area contributed by atoms with Crippen LogP contribution in [0.3, 0.4) is 0 Å². The Morgan fingerprint density at radius 1 is 0.513 bits per heavy atom. The number of aliphatic hydroxyl groups is 2. The first-order chi connectivity index (χ1) is 37.0. The van der Waals surface area contributed by atoms with Crippen LogP contribution in [0.4, 0.5) is 0 Å². The summed E-state index contributed by atoms with van der Waals surface area (Å²) in [5, 5.41) is 49.3. The molecule has 0 unspecified atom stereocenters. The van der Waals surface area contributed by atoms with Crippen molar-refractivity contribution in [3.63, 3.8) is 0 Å². The molecule has 23 nitrogen and oxygen atoms in total. The molecule has 0 fully saturated rings. The second kappa shape index (κ2) is 40.8. The predicted octanol–water partition coefficient (Wildman–Crippen LogP) is 5.95. The van der Waals surface area contributed by atoms with Gasteiger partial charge in [0.05, 0.1) is 112 Å². The van der Waals surface area contributed by atoms with Crippen molar-refractivity contribution < 1.29 is 128 Å². The molecule has 6 N–H and O–H groups in total. The van der Waals surface area contributed by atoms with E-state index in [1.807, 2.05) is 26.0 Å². The smallest absolute Gasteiger partial charge is 0.414 e. The second-order valence-corrected chi connectivity index (χ2v) is 16.5. The Balaban J connectivity index is 0.00000180. The zero-order valence-corrected chi connectivity index (χ0v) is 48.0. The number of benzene rings is 1. The third-order valence-electron chi connectivity index (χ3n) is 10.9. The number of carboxylic acids is 4. The van der Waals surface area contributed by atoms with Gasteiger partial charge in [-0.05, 0) is 74.7 Å². The van der Waals surface area contributed by atoms with E-state index in [4.69, 9.17) is 102 Å². The van der Waals surface area contributed by atoms with Gasteiger partial charge < -0.3 is 73.5 Å². The number of ether oxygens (including phenoxy) is 8. The van der Waals surface area contributed by atoms with E-state index in [1.165, 1.54) is 11.1 Å². The summed E-state index contributed by atoms with van der Waals surface area (Å²) >= 11 is 0. The Kier molecular flexibility index (Phi) is 36.9. The standard InChI is InChI=1S/C48H66N5O10.C2H2O4.2C2H4O2.Gd/c1-7-35-36(8-2)40-28-42-38(12-10-14-55)34(4)46(53-42)32-50-44-30-48(63-26-24-61-22-20-59-18-16-57-6)47(62-25-23-60-21-19-58-17-15-56-5)29-43(44)49-31-45-33(3)37(11-9-13-54)41(52-45)27-39(35)51-40;3-1(4)2(5)6;2*1-2(3)4;/h27-32,54-55H,7-26H2,1-6H3;(H,3,4)(H,5,6);2*1H3,(H,3,4);/q-1;;;;. The van der Waals surface area contributed by atoms with Gasteiger partial charge in [0.15, 0.2) is 11.5 Å². The summed E-state index contributed by atoms with van der Waals surface area (Å²) in [7, 11) is 3.27. The number of hydrogen-bond acceptors (Lipinski definition) is 18. The van der Waals surface area contributed by atoms with Gasteiger partial charge in [0.25, 0.3) is 11.9 Å². The first-order valence-corrected chi connectivity index (χ1v) is 25.1. The number of carboxylic acid groups (broad SMARTS) is 4. The monoisotopic (exact) mass is 1240 g/mol. The molecule has 2 aromatic heterocycles. The van der Waals surface area contributed by atoms with E-state index in [0.29, 0.717) is 126 Å². The number of allylic oxidation sites excluding steroid dienone is 4. The maximum Gasteiger partial charge on any atom is 0.414 e. The largest absolute Gasteiger partial charge is 0.657 e. The maximum atomic E-state index is 9.85. The summed E-state index contributed by atoms with van der Waals surface area (Å²) in [6.45, 7) is 15.6. The molecule has 24 heteroatoms. The van der Waals surface area contributed by atoms with E-state index in [2.05, 4.69) is 26.0 Å². The number of aliphatic carboxylic acids is 4. The van der Waals surface area contributed by atoms with E-state index >= 15 is 0 Å². The molecule has 0 spiro atoms. The molecular formula is C54H76GdN5O18-. The maximum absolute atomic E-state index is 9.85. The summed E-state index contributed by atoms with van der Waals surface area (Å²) in [5.41, 5.74) is 12.2. The third-order valence-corrected chi connectivity index (χ3v) is 10.9. The van der Waals surface area contributed by atoms with Crippen LogP contribution in [-0.4, -0.2) is 181 Å². The van der Waals surface area contributed by atoms with Crippen LogP contribution in [0.1, 0.15) is 101 Å². The molecule has 2 aliphatic rings. The molecule has 3 aromatic rings. The third kappa shape index (κ3) is 26.1. The molecule has 0 aliphatic carbocycles. The fourth-order valence-corrected chi connectivity index (χ4v) is 7.33. The van der Waals surface area contributed by atoms with Crippen molar-refractivity contribution in [1.82, 2.24) is 24.9 Å². The Morgan fingerprint density at radius 2 is 0.833 bits per heavy atom. The number of carbonyl (C=O) groups is 4. The van der Waals surface area contributed by atoms with Crippen molar-refractivity contribution in [3.8, 4) is 11.5 Å². The van der Waals surface area contributed by atoms with Gasteiger partial charge in [0.1, 0.15) is 13.2 Å². The molecule has 5 rings (SSSR count). The number of aliphatic hydroxyl groups excluding tert-OH is 2. The zero-order valence-electron chi connectivity index (χ0n) is 45.8. The number of aromatic nitrogens is 5. The summed E-state index contributed by atoms with van der Waals surface area (Å²) in [6, 6.07) is 7.78. The van der Waals surface area contributed by atoms with Crippen LogP contribution in [0.5, 0.6) is 11.5 Å². The van der Waals surface area contributed by atoms with Crippen molar-refractivity contribution >= 4 is 68.2 Å². The molecule has 0 radical (unpaired) electrons. The number of rotatable bonds is 28. The van der Waals surface area contributed by atoms with E-state index in [9.17, 15) is 10.2 Å². The van der Waals surface area contributed by atoms with Crippen LogP contribution >= 0.6 is 0 Å². The second-order valence-electron chi connectivity index (χ2n) is 16.5. The van der Waals surface area contributed by atoms with Crippen LogP contribution in [0.25, 0.3) is 44.4 Å². The average Bonchev–Trinajstić information content (AvgIpc) is 3.99. The molecule has 0 atom stereocenters. The molecule has 2 aliphatic heterocycles. The van der Waals surface area contributed by atoms with Crippen LogP contribution in [0.2, 0.25) is 0 Å². The molecular weight excluding hydrogens is 1160 g/mol. The predicted molar refractivity (Wildman–Crippen MR) is 286 cm³/mol. The quantitative estimate of drug-likeness (QED) is 0.0361. The number of methoxy groups -OCH3 is 2. The molecule has 1 aromatic carbocycles. The van der Waals surface area contributed by atoms with Crippen LogP contribution < -0.4 is 14.5 Å². The van der Waals surface area contributed by atoms with E-state index in [0.717, 1.165) is 71.4 Å². The van der Waals surface area contributed by atoms with Gasteiger partial charge in [-0.3, -0.25) is 19.6 Å². The average molecular weight is 1240 g/mol. The van der Waals surface area contributed by atoms with E-state index in [1.54, 1.807) is 26.6 Å². The summed E-state index contributed by atoms with van der Waals surface area (Å²) < 4.78 is 45.3. The molecule has 0 amide bonds. The Morgan fingerprint density at radius 3 is 1.13 bits per heavy atom. The molecule has 4 heterocycles. The summed E-state index contributed by atoms with van der Waals surface area (Å²) in [5.74, 6) is -4.39. The van der Waals surface area contributed by atoms with Gasteiger partial charge in [0, 0.05) is 93.4 Å². The molecule has 434 valence electrons. The van der Waals surface area contributed by atoms with Crippen molar-refractivity contribution in [2.75, 3.05) is 107 Å². The molecule has 78 heavy (non-hydrogen) atoms. The fourth-order valence-electron chi connectivity index (χ4n) is 7.33. The zero-order chi connectivity index (χ0) is 57.1. The van der Waals surface area contributed by atoms with Gasteiger partial charge in [0.2, 0.25) is 0 Å². The van der Waals surface area contributed by atoms with Crippen molar-refractivity contribution in [2.24, 2.45) is 0 Å². The topological polar surface area (TPSA) is 329 Å². The summed E-state index contributed by atoms with van der Waals surface area (Å²) in [4.78, 5) is 61.7. The Hall–Kier alpha value is -5.38. The normalized spacial score (nSPS) is 11.5. The van der Waals surface area contributed by atoms with Crippen LogP contribution in [-0.2, 0) is 60.4 Å². The number of fused-ring (bicyclic) bond motifs is 7. The first-order valence-electron chi connectivity index (χ1n) is 25.1. The minimum Gasteiger partial charge on any atom is -0.657 e. The van der Waals surface area contributed by atoms with E-state index < -0.39 is 23.9 Å². The summed E-state index contributed by atoms with van der Waals surface area (Å²) in [6.07, 6.45) is 7.61. The van der Waals surface area contributed by atoms with Gasteiger partial charge in [-0.1, -0.05) is 37.1 Å². The van der Waals surface area contributed by atoms with Gasteiger partial charge in [-0.15, -0.1) is 11.0 Å². The number of nitrogens with zero attached hydrogens (tertiary/aromatic N) is 5. The van der Waals surface area contributed by atoms with Crippen LogP contribution in [0, 0.1) is 39.9 Å². The molecule has 0 saturated carbocycles.